The molecule has 0 atom stereocenters. The summed E-state index contributed by atoms with van der Waals surface area (Å²) >= 11 is 11.4. The molecular formula is C14H20Cl2FN. The summed E-state index contributed by atoms with van der Waals surface area (Å²) in [6.45, 7) is 3.08. The molecule has 0 fully saturated rings. The van der Waals surface area contributed by atoms with Gasteiger partial charge in [0.15, 0.2) is 5.82 Å². The van der Waals surface area contributed by atoms with E-state index < -0.39 is 5.82 Å². The summed E-state index contributed by atoms with van der Waals surface area (Å²) in [6.07, 6.45) is 7.50. The minimum Gasteiger partial charge on any atom is -0.385 e. The predicted molar refractivity (Wildman–Crippen MR) is 78.3 cm³/mol. The van der Waals surface area contributed by atoms with Crippen LogP contribution in [0.15, 0.2) is 12.1 Å². The lowest BCUT2D eigenvalue weighted by atomic mass is 10.1. The third kappa shape index (κ3) is 5.45. The van der Waals surface area contributed by atoms with E-state index >= 15 is 0 Å². The Hall–Kier alpha value is -0.470. The van der Waals surface area contributed by atoms with E-state index in [0.717, 1.165) is 18.7 Å². The van der Waals surface area contributed by atoms with Crippen molar-refractivity contribution in [2.45, 2.75) is 45.4 Å². The minimum atomic E-state index is -0.552. The Balaban J connectivity index is 2.23. The highest BCUT2D eigenvalue weighted by molar-refractivity contribution is 6.35. The van der Waals surface area contributed by atoms with Crippen LogP contribution in [0.4, 0.5) is 10.1 Å². The maximum Gasteiger partial charge on any atom is 0.160 e. The molecule has 4 heteroatoms. The lowest BCUT2D eigenvalue weighted by molar-refractivity contribution is 0.616. The van der Waals surface area contributed by atoms with Gasteiger partial charge in [0.25, 0.3) is 0 Å². The Bertz CT molecular complexity index is 346. The molecule has 0 saturated heterocycles. The Labute approximate surface area is 119 Å². The summed E-state index contributed by atoms with van der Waals surface area (Å²) < 4.78 is 13.2. The van der Waals surface area contributed by atoms with Crippen molar-refractivity contribution in [3.05, 3.63) is 28.0 Å². The van der Waals surface area contributed by atoms with Gasteiger partial charge in [-0.15, -0.1) is 0 Å². The lowest BCUT2D eigenvalue weighted by Crippen LogP contribution is -2.01. The van der Waals surface area contributed by atoms with E-state index in [9.17, 15) is 4.39 Å². The van der Waals surface area contributed by atoms with Crippen molar-refractivity contribution in [3.63, 3.8) is 0 Å². The zero-order chi connectivity index (χ0) is 13.4. The normalized spacial score (nSPS) is 10.7. The molecule has 0 radical (unpaired) electrons. The summed E-state index contributed by atoms with van der Waals surface area (Å²) in [5.41, 5.74) is 0.778. The summed E-state index contributed by atoms with van der Waals surface area (Å²) in [7, 11) is 0. The average Bonchev–Trinajstić information content (AvgIpc) is 2.34. The molecule has 0 aliphatic heterocycles. The molecule has 1 aromatic carbocycles. The van der Waals surface area contributed by atoms with Crippen LogP contribution in [0, 0.1) is 5.82 Å². The van der Waals surface area contributed by atoms with Crippen LogP contribution in [0.3, 0.4) is 0 Å². The number of nitrogens with one attached hydrogen (secondary N) is 1. The van der Waals surface area contributed by atoms with Crippen molar-refractivity contribution >= 4 is 28.9 Å². The third-order valence-corrected chi connectivity index (χ3v) is 3.39. The van der Waals surface area contributed by atoms with Crippen molar-refractivity contribution in [2.24, 2.45) is 0 Å². The monoisotopic (exact) mass is 291 g/mol. The number of hydrogen-bond acceptors (Lipinski definition) is 1. The summed E-state index contributed by atoms with van der Waals surface area (Å²) in [4.78, 5) is 0. The van der Waals surface area contributed by atoms with E-state index in [1.807, 2.05) is 0 Å². The first kappa shape index (κ1) is 15.6. The molecule has 0 saturated carbocycles. The Morgan fingerprint density at radius 3 is 2.17 bits per heavy atom. The zero-order valence-corrected chi connectivity index (χ0v) is 12.3. The van der Waals surface area contributed by atoms with Crippen LogP contribution in [0.25, 0.3) is 0 Å². The van der Waals surface area contributed by atoms with Crippen LogP contribution in [-0.2, 0) is 0 Å². The molecule has 18 heavy (non-hydrogen) atoms. The van der Waals surface area contributed by atoms with E-state index in [1.165, 1.54) is 32.1 Å². The van der Waals surface area contributed by atoms with E-state index in [2.05, 4.69) is 12.2 Å². The molecule has 102 valence electrons. The number of anilines is 1. The summed E-state index contributed by atoms with van der Waals surface area (Å²) in [5.74, 6) is -0.552. The van der Waals surface area contributed by atoms with Gasteiger partial charge in [-0.05, 0) is 18.6 Å². The first-order chi connectivity index (χ1) is 8.65. The predicted octanol–water partition coefficient (Wildman–Crippen LogP) is 5.90. The Morgan fingerprint density at radius 2 is 1.56 bits per heavy atom. The van der Waals surface area contributed by atoms with Crippen LogP contribution in [-0.4, -0.2) is 6.54 Å². The van der Waals surface area contributed by atoms with Crippen molar-refractivity contribution in [1.29, 1.82) is 0 Å². The van der Waals surface area contributed by atoms with E-state index in [1.54, 1.807) is 12.1 Å². The maximum atomic E-state index is 13.2. The molecular weight excluding hydrogens is 272 g/mol. The molecule has 1 nitrogen and oxygen atoms in total. The van der Waals surface area contributed by atoms with Crippen LogP contribution >= 0.6 is 23.2 Å². The van der Waals surface area contributed by atoms with Crippen molar-refractivity contribution in [2.75, 3.05) is 11.9 Å². The van der Waals surface area contributed by atoms with Gasteiger partial charge in [-0.3, -0.25) is 0 Å². The smallest absolute Gasteiger partial charge is 0.160 e. The second-order valence-corrected chi connectivity index (χ2v) is 5.26. The first-order valence-corrected chi connectivity index (χ1v) is 7.29. The van der Waals surface area contributed by atoms with Gasteiger partial charge in [0.05, 0.1) is 10.0 Å². The third-order valence-electron chi connectivity index (χ3n) is 2.84. The van der Waals surface area contributed by atoms with Gasteiger partial charge >= 0.3 is 0 Å². The van der Waals surface area contributed by atoms with E-state index in [0.29, 0.717) is 0 Å². The van der Waals surface area contributed by atoms with Gasteiger partial charge in [0.1, 0.15) is 0 Å². The lowest BCUT2D eigenvalue weighted by Gasteiger charge is -2.08. The zero-order valence-electron chi connectivity index (χ0n) is 10.7. The van der Waals surface area contributed by atoms with Crippen LogP contribution < -0.4 is 5.32 Å². The Kier molecular flexibility index (Phi) is 7.45. The molecule has 1 aromatic rings. The van der Waals surface area contributed by atoms with Gasteiger partial charge in [-0.2, -0.15) is 0 Å². The molecule has 0 amide bonds. The Morgan fingerprint density at radius 1 is 1.00 bits per heavy atom. The standard InChI is InChI=1S/C14H20Cl2FN/c1-2-3-4-5-6-7-8-18-11-9-12(15)14(17)13(16)10-11/h9-10,18H,2-8H2,1H3. The van der Waals surface area contributed by atoms with E-state index in [4.69, 9.17) is 23.2 Å². The topological polar surface area (TPSA) is 12.0 Å². The molecule has 1 rings (SSSR count). The largest absolute Gasteiger partial charge is 0.385 e. The molecule has 1 N–H and O–H groups in total. The minimum absolute atomic E-state index is 0.0629. The van der Waals surface area contributed by atoms with Gasteiger partial charge in [-0.1, -0.05) is 62.2 Å². The van der Waals surface area contributed by atoms with Crippen molar-refractivity contribution < 1.29 is 4.39 Å². The second-order valence-electron chi connectivity index (χ2n) is 4.45. The van der Waals surface area contributed by atoms with Gasteiger partial charge in [-0.25, -0.2) is 4.39 Å². The summed E-state index contributed by atoms with van der Waals surface area (Å²) in [5, 5.41) is 3.33. The summed E-state index contributed by atoms with van der Waals surface area (Å²) in [6, 6.07) is 3.14. The van der Waals surface area contributed by atoms with Crippen molar-refractivity contribution in [1.82, 2.24) is 0 Å². The second kappa shape index (κ2) is 8.60. The molecule has 0 aliphatic rings. The highest BCUT2D eigenvalue weighted by Gasteiger charge is 2.06. The van der Waals surface area contributed by atoms with Crippen LogP contribution in [0.5, 0.6) is 0 Å². The van der Waals surface area contributed by atoms with Crippen molar-refractivity contribution in [3.8, 4) is 0 Å². The quantitative estimate of drug-likeness (QED) is 0.464. The molecule has 0 spiro atoms. The SMILES string of the molecule is CCCCCCCCNc1cc(Cl)c(F)c(Cl)c1. The van der Waals surface area contributed by atoms with Crippen LogP contribution in [0.2, 0.25) is 10.0 Å². The van der Waals surface area contributed by atoms with Gasteiger partial charge in [0, 0.05) is 12.2 Å². The van der Waals surface area contributed by atoms with E-state index in [-0.39, 0.29) is 10.0 Å². The molecule has 0 aromatic heterocycles. The number of unbranched alkanes of at least 4 members (excludes halogenated alkanes) is 5. The van der Waals surface area contributed by atoms with Crippen LogP contribution in [0.1, 0.15) is 45.4 Å². The first-order valence-electron chi connectivity index (χ1n) is 6.53. The number of rotatable bonds is 8. The number of benzene rings is 1. The maximum absolute atomic E-state index is 13.2. The molecule has 0 unspecified atom stereocenters. The fraction of sp³-hybridized carbons (Fsp3) is 0.571. The molecule has 0 aliphatic carbocycles. The highest BCUT2D eigenvalue weighted by atomic mass is 35.5. The fourth-order valence-electron chi connectivity index (χ4n) is 1.80. The van der Waals surface area contributed by atoms with Gasteiger partial charge < -0.3 is 5.32 Å². The fourth-order valence-corrected chi connectivity index (χ4v) is 2.28. The average molecular weight is 292 g/mol. The number of hydrogen-bond donors (Lipinski definition) is 1. The highest BCUT2D eigenvalue weighted by Crippen LogP contribution is 2.27. The molecule has 0 bridgehead atoms. The molecule has 0 heterocycles. The van der Waals surface area contributed by atoms with Gasteiger partial charge in [0.2, 0.25) is 0 Å². The number of halogens is 3.